The Morgan fingerprint density at radius 2 is 2.27 bits per heavy atom. The topological polar surface area (TPSA) is 15.3 Å². The summed E-state index contributed by atoms with van der Waals surface area (Å²) in [6.07, 6.45) is 2.56. The fourth-order valence-electron chi connectivity index (χ4n) is 1.69. The molecule has 1 N–H and O–H groups in total. The van der Waals surface area contributed by atoms with Gasteiger partial charge in [0.2, 0.25) is 0 Å². The van der Waals surface area contributed by atoms with Crippen molar-refractivity contribution in [1.82, 2.24) is 10.2 Å². The maximum absolute atomic E-state index is 3.55. The van der Waals surface area contributed by atoms with E-state index in [-0.39, 0.29) is 0 Å². The van der Waals surface area contributed by atoms with Crippen LogP contribution in [0.2, 0.25) is 0 Å². The molecular weight excluding hydrogens is 136 g/mol. The van der Waals surface area contributed by atoms with Gasteiger partial charge in [-0.05, 0) is 33.4 Å². The molecule has 1 rings (SSSR count). The Morgan fingerprint density at radius 3 is 2.73 bits per heavy atom. The summed E-state index contributed by atoms with van der Waals surface area (Å²) in [5, 5.41) is 3.55. The second-order valence-electron chi connectivity index (χ2n) is 3.68. The zero-order valence-corrected chi connectivity index (χ0v) is 7.93. The summed E-state index contributed by atoms with van der Waals surface area (Å²) in [4.78, 5) is 2.42. The molecule has 1 aliphatic heterocycles. The second kappa shape index (κ2) is 4.07. The van der Waals surface area contributed by atoms with Gasteiger partial charge in [0.1, 0.15) is 0 Å². The first kappa shape index (κ1) is 9.01. The van der Waals surface area contributed by atoms with E-state index in [2.05, 4.69) is 31.1 Å². The van der Waals surface area contributed by atoms with Crippen molar-refractivity contribution in [1.29, 1.82) is 0 Å². The Balaban J connectivity index is 2.18. The summed E-state index contributed by atoms with van der Waals surface area (Å²) < 4.78 is 0. The van der Waals surface area contributed by atoms with E-state index < -0.39 is 0 Å². The van der Waals surface area contributed by atoms with Crippen LogP contribution in [0, 0.1) is 0 Å². The van der Waals surface area contributed by atoms with Crippen molar-refractivity contribution in [2.45, 2.75) is 38.8 Å². The largest absolute Gasteiger partial charge is 0.313 e. The molecule has 2 atom stereocenters. The molecule has 0 saturated carbocycles. The SMILES string of the molecule is CCCNC1CC(C)N(C)C1. The zero-order valence-electron chi connectivity index (χ0n) is 7.93. The summed E-state index contributed by atoms with van der Waals surface area (Å²) in [6.45, 7) is 6.91. The van der Waals surface area contributed by atoms with Crippen molar-refractivity contribution in [2.24, 2.45) is 0 Å². The van der Waals surface area contributed by atoms with Gasteiger partial charge in [-0.25, -0.2) is 0 Å². The van der Waals surface area contributed by atoms with Crippen molar-refractivity contribution in [3.8, 4) is 0 Å². The van der Waals surface area contributed by atoms with E-state index in [0.29, 0.717) is 0 Å². The van der Waals surface area contributed by atoms with Crippen molar-refractivity contribution < 1.29 is 0 Å². The number of hydrogen-bond acceptors (Lipinski definition) is 2. The molecule has 2 nitrogen and oxygen atoms in total. The van der Waals surface area contributed by atoms with E-state index in [9.17, 15) is 0 Å². The van der Waals surface area contributed by atoms with Crippen LogP contribution in [0.5, 0.6) is 0 Å². The lowest BCUT2D eigenvalue weighted by atomic mass is 10.2. The first-order chi connectivity index (χ1) is 5.24. The van der Waals surface area contributed by atoms with Crippen LogP contribution in [0.15, 0.2) is 0 Å². The minimum Gasteiger partial charge on any atom is -0.313 e. The van der Waals surface area contributed by atoms with Gasteiger partial charge in [0, 0.05) is 18.6 Å². The molecule has 0 aromatic heterocycles. The normalized spacial score (nSPS) is 33.0. The fraction of sp³-hybridized carbons (Fsp3) is 1.00. The standard InChI is InChI=1S/C9H20N2/c1-4-5-10-9-6-8(2)11(3)7-9/h8-10H,4-7H2,1-3H3. The molecule has 0 radical (unpaired) electrons. The minimum atomic E-state index is 0.745. The third-order valence-electron chi connectivity index (χ3n) is 2.57. The Labute approximate surface area is 70.0 Å². The number of nitrogens with one attached hydrogen (secondary N) is 1. The maximum atomic E-state index is 3.55. The van der Waals surface area contributed by atoms with Crippen LogP contribution in [-0.4, -0.2) is 37.1 Å². The van der Waals surface area contributed by atoms with Crippen molar-refractivity contribution in [3.63, 3.8) is 0 Å². The molecule has 66 valence electrons. The average Bonchev–Trinajstić information content (AvgIpc) is 2.28. The van der Waals surface area contributed by atoms with Crippen LogP contribution >= 0.6 is 0 Å². The monoisotopic (exact) mass is 156 g/mol. The maximum Gasteiger partial charge on any atom is 0.0209 e. The molecular formula is C9H20N2. The van der Waals surface area contributed by atoms with E-state index in [1.807, 2.05) is 0 Å². The average molecular weight is 156 g/mol. The summed E-state index contributed by atoms with van der Waals surface area (Å²) in [5.74, 6) is 0. The molecule has 0 aromatic rings. The lowest BCUT2D eigenvalue weighted by Crippen LogP contribution is -2.31. The molecule has 0 aliphatic carbocycles. The quantitative estimate of drug-likeness (QED) is 0.658. The van der Waals surface area contributed by atoms with Gasteiger partial charge >= 0.3 is 0 Å². The van der Waals surface area contributed by atoms with Gasteiger partial charge in [-0.2, -0.15) is 0 Å². The summed E-state index contributed by atoms with van der Waals surface area (Å²) in [6, 6.07) is 1.51. The fourth-order valence-corrected chi connectivity index (χ4v) is 1.69. The van der Waals surface area contributed by atoms with Crippen LogP contribution in [0.3, 0.4) is 0 Å². The third kappa shape index (κ3) is 2.46. The van der Waals surface area contributed by atoms with Crippen molar-refractivity contribution in [2.75, 3.05) is 20.1 Å². The molecule has 0 amide bonds. The molecule has 0 bridgehead atoms. The van der Waals surface area contributed by atoms with Crippen LogP contribution in [0.1, 0.15) is 26.7 Å². The zero-order chi connectivity index (χ0) is 8.27. The first-order valence-corrected chi connectivity index (χ1v) is 4.67. The summed E-state index contributed by atoms with van der Waals surface area (Å²) in [5.41, 5.74) is 0. The van der Waals surface area contributed by atoms with Gasteiger partial charge < -0.3 is 10.2 Å². The highest BCUT2D eigenvalue weighted by molar-refractivity contribution is 4.84. The molecule has 1 aliphatic rings. The Morgan fingerprint density at radius 1 is 1.55 bits per heavy atom. The molecule has 1 fully saturated rings. The second-order valence-corrected chi connectivity index (χ2v) is 3.68. The predicted octanol–water partition coefficient (Wildman–Crippen LogP) is 1.08. The van der Waals surface area contributed by atoms with E-state index in [1.165, 1.54) is 25.9 Å². The highest BCUT2D eigenvalue weighted by atomic mass is 15.2. The molecule has 2 heteroatoms. The number of hydrogen-bond donors (Lipinski definition) is 1. The van der Waals surface area contributed by atoms with Crippen LogP contribution in [0.4, 0.5) is 0 Å². The predicted molar refractivity (Wildman–Crippen MR) is 48.8 cm³/mol. The molecule has 2 unspecified atom stereocenters. The summed E-state index contributed by atoms with van der Waals surface area (Å²) in [7, 11) is 2.21. The van der Waals surface area contributed by atoms with Gasteiger partial charge in [0.15, 0.2) is 0 Å². The van der Waals surface area contributed by atoms with Crippen LogP contribution in [-0.2, 0) is 0 Å². The van der Waals surface area contributed by atoms with E-state index in [0.717, 1.165) is 12.1 Å². The van der Waals surface area contributed by atoms with Gasteiger partial charge in [-0.1, -0.05) is 6.92 Å². The number of nitrogens with zero attached hydrogens (tertiary/aromatic N) is 1. The molecule has 1 saturated heterocycles. The molecule has 11 heavy (non-hydrogen) atoms. The Bertz CT molecular complexity index is 104. The van der Waals surface area contributed by atoms with Gasteiger partial charge in [-0.15, -0.1) is 0 Å². The molecule has 0 aromatic carbocycles. The minimum absolute atomic E-state index is 0.745. The Hall–Kier alpha value is -0.0800. The van der Waals surface area contributed by atoms with Gasteiger partial charge in [-0.3, -0.25) is 0 Å². The van der Waals surface area contributed by atoms with E-state index >= 15 is 0 Å². The Kier molecular flexibility index (Phi) is 3.34. The van der Waals surface area contributed by atoms with E-state index in [4.69, 9.17) is 0 Å². The lowest BCUT2D eigenvalue weighted by Gasteiger charge is -2.12. The molecule has 1 heterocycles. The third-order valence-corrected chi connectivity index (χ3v) is 2.57. The number of likely N-dealkylation sites (N-methyl/N-ethyl adjacent to an activating group) is 1. The molecule has 0 spiro atoms. The van der Waals surface area contributed by atoms with Crippen molar-refractivity contribution in [3.05, 3.63) is 0 Å². The highest BCUT2D eigenvalue weighted by Gasteiger charge is 2.24. The van der Waals surface area contributed by atoms with Gasteiger partial charge in [0.25, 0.3) is 0 Å². The van der Waals surface area contributed by atoms with Crippen LogP contribution in [0.25, 0.3) is 0 Å². The van der Waals surface area contributed by atoms with E-state index in [1.54, 1.807) is 0 Å². The smallest absolute Gasteiger partial charge is 0.0209 e. The number of likely N-dealkylation sites (tertiary alicyclic amines) is 1. The summed E-state index contributed by atoms with van der Waals surface area (Å²) >= 11 is 0. The lowest BCUT2D eigenvalue weighted by molar-refractivity contribution is 0.327. The van der Waals surface area contributed by atoms with Crippen LogP contribution < -0.4 is 5.32 Å². The first-order valence-electron chi connectivity index (χ1n) is 4.67. The highest BCUT2D eigenvalue weighted by Crippen LogP contribution is 2.14. The van der Waals surface area contributed by atoms with Gasteiger partial charge in [0.05, 0.1) is 0 Å². The number of rotatable bonds is 3. The van der Waals surface area contributed by atoms with Crippen molar-refractivity contribution >= 4 is 0 Å².